The lowest BCUT2D eigenvalue weighted by Crippen LogP contribution is -2.38. The Morgan fingerprint density at radius 1 is 1.14 bits per heavy atom. The minimum absolute atomic E-state index is 0.0169. The highest BCUT2D eigenvalue weighted by Crippen LogP contribution is 2.49. The van der Waals surface area contributed by atoms with Crippen LogP contribution in [0, 0.1) is 5.92 Å². The lowest BCUT2D eigenvalue weighted by molar-refractivity contribution is -0.146. The lowest BCUT2D eigenvalue weighted by Gasteiger charge is -2.36. The third-order valence-corrected chi connectivity index (χ3v) is 7.18. The number of hydrogen-bond donors (Lipinski definition) is 1. The van der Waals surface area contributed by atoms with Crippen molar-refractivity contribution in [3.63, 3.8) is 0 Å². The number of hydrogen-bond acceptors (Lipinski definition) is 6. The minimum atomic E-state index is -0.733. The Hall–Kier alpha value is -2.93. The smallest absolute Gasteiger partial charge is 0.315 e. The fraction of sp³-hybridized carbons (Fsp3) is 0.393. The number of halogens is 1. The summed E-state index contributed by atoms with van der Waals surface area (Å²) in [5, 5.41) is 10.5. The third kappa shape index (κ3) is 5.06. The Morgan fingerprint density at radius 3 is 2.57 bits per heavy atom. The van der Waals surface area contributed by atoms with Gasteiger partial charge in [-0.2, -0.15) is 0 Å². The highest BCUT2D eigenvalue weighted by molar-refractivity contribution is 9.10. The molecule has 2 aromatic carbocycles. The molecule has 1 heterocycles. The first-order valence-corrected chi connectivity index (χ1v) is 12.8. The Balaban J connectivity index is 1.84. The second-order valence-corrected chi connectivity index (χ2v) is 9.81. The van der Waals surface area contributed by atoms with Gasteiger partial charge in [0.2, 0.25) is 0 Å². The molecule has 1 aliphatic carbocycles. The number of Topliss-reactive ketones (excluding diaryl/α,β-unsaturated/α-hetero) is 1. The number of esters is 1. The Labute approximate surface area is 214 Å². The van der Waals surface area contributed by atoms with Gasteiger partial charge in [-0.15, -0.1) is 0 Å². The summed E-state index contributed by atoms with van der Waals surface area (Å²) < 4.78 is 11.6. The van der Waals surface area contributed by atoms with E-state index in [1.165, 1.54) is 0 Å². The van der Waals surface area contributed by atoms with Crippen molar-refractivity contribution in [1.29, 1.82) is 0 Å². The highest BCUT2D eigenvalue weighted by Gasteiger charge is 2.45. The number of ether oxygens (including phenoxy) is 2. The van der Waals surface area contributed by atoms with Crippen molar-refractivity contribution in [3.05, 3.63) is 69.3 Å². The molecular formula is C28H30BrNO5. The topological polar surface area (TPSA) is 85.2 Å². The summed E-state index contributed by atoms with van der Waals surface area (Å²) in [6.45, 7) is 6.26. The molecule has 0 radical (unpaired) electrons. The number of ketones is 1. The van der Waals surface area contributed by atoms with Gasteiger partial charge in [0.15, 0.2) is 17.3 Å². The summed E-state index contributed by atoms with van der Waals surface area (Å²) in [5.41, 5.74) is 3.70. The first-order valence-electron chi connectivity index (χ1n) is 12.0. The van der Waals surface area contributed by atoms with Crippen molar-refractivity contribution in [1.82, 2.24) is 0 Å². The maximum Gasteiger partial charge on any atom is 0.315 e. The van der Waals surface area contributed by atoms with Crippen LogP contribution in [-0.2, 0) is 14.3 Å². The van der Waals surface area contributed by atoms with Gasteiger partial charge in [0.1, 0.15) is 5.92 Å². The monoisotopic (exact) mass is 539 g/mol. The van der Waals surface area contributed by atoms with E-state index < -0.39 is 17.8 Å². The molecule has 4 rings (SSSR count). The maximum absolute atomic E-state index is 13.7. The number of allylic oxidation sites excluding steroid dienone is 2. The minimum Gasteiger partial charge on any atom is -0.503 e. The highest BCUT2D eigenvalue weighted by atomic mass is 79.9. The van der Waals surface area contributed by atoms with E-state index in [1.54, 1.807) is 12.1 Å². The van der Waals surface area contributed by atoms with Crippen molar-refractivity contribution >= 4 is 33.4 Å². The second kappa shape index (κ2) is 10.8. The zero-order chi connectivity index (χ0) is 25.1. The van der Waals surface area contributed by atoms with Crippen LogP contribution in [-0.4, -0.2) is 35.8 Å². The summed E-state index contributed by atoms with van der Waals surface area (Å²) in [6.07, 6.45) is 1.67. The molecule has 7 heteroatoms. The molecule has 0 saturated carbocycles. The van der Waals surface area contributed by atoms with Crippen LogP contribution in [0.2, 0.25) is 0 Å². The fourth-order valence-corrected chi connectivity index (χ4v) is 5.48. The molecule has 0 spiro atoms. The molecule has 0 bridgehead atoms. The molecular weight excluding hydrogens is 510 g/mol. The van der Waals surface area contributed by atoms with E-state index in [2.05, 4.69) is 15.9 Å². The van der Waals surface area contributed by atoms with Crippen LogP contribution in [0.25, 0.3) is 0 Å². The van der Waals surface area contributed by atoms with Gasteiger partial charge in [0.25, 0.3) is 0 Å². The number of aliphatic imine (C=N–C) groups is 1. The third-order valence-electron chi connectivity index (χ3n) is 6.57. The number of phenolic OH excluding ortho intramolecular Hbond substituents is 1. The summed E-state index contributed by atoms with van der Waals surface area (Å²) >= 11 is 3.41. The molecule has 1 aliphatic heterocycles. The number of nitrogens with zero attached hydrogens (tertiary/aromatic N) is 1. The SMILES string of the molecule is CCCOC(=O)C1C(C)=NC2=C(C(=O)C[C@@H](c3ccccc3)C2)[C@@H]1c1cc(Br)c(O)c(OCC)c1. The summed E-state index contributed by atoms with van der Waals surface area (Å²) in [7, 11) is 0. The van der Waals surface area contributed by atoms with E-state index in [0.29, 0.717) is 59.5 Å². The second-order valence-electron chi connectivity index (χ2n) is 8.96. The molecule has 35 heavy (non-hydrogen) atoms. The number of carbonyl (C=O) groups excluding carboxylic acids is 2. The van der Waals surface area contributed by atoms with Gasteiger partial charge in [-0.25, -0.2) is 0 Å². The molecule has 2 aromatic rings. The number of benzene rings is 2. The van der Waals surface area contributed by atoms with Crippen LogP contribution >= 0.6 is 15.9 Å². The Bertz CT molecular complexity index is 1190. The van der Waals surface area contributed by atoms with Gasteiger partial charge in [-0.05, 0) is 71.8 Å². The summed E-state index contributed by atoms with van der Waals surface area (Å²) in [6, 6.07) is 13.5. The van der Waals surface area contributed by atoms with Crippen LogP contribution < -0.4 is 4.74 Å². The largest absolute Gasteiger partial charge is 0.503 e. The molecule has 0 saturated heterocycles. The van der Waals surface area contributed by atoms with Crippen LogP contribution in [0.5, 0.6) is 11.5 Å². The fourth-order valence-electron chi connectivity index (χ4n) is 5.02. The maximum atomic E-state index is 13.7. The number of aromatic hydroxyl groups is 1. The number of carbonyl (C=O) groups is 2. The molecule has 1 N–H and O–H groups in total. The summed E-state index contributed by atoms with van der Waals surface area (Å²) in [5.74, 6) is -1.41. The normalized spacial score (nSPS) is 21.9. The van der Waals surface area contributed by atoms with Crippen LogP contribution in [0.1, 0.15) is 63.0 Å². The standard InChI is InChI=1S/C28H30BrNO5/c1-4-11-35-28(33)24-16(3)30-21-13-18(17-9-7-6-8-10-17)14-22(31)26(21)25(24)19-12-20(29)27(32)23(15-19)34-5-2/h6-10,12,15,18,24-25,32H,4-5,11,13-14H2,1-3H3/t18-,24?,25+/m0/s1. The molecule has 2 aliphatic rings. The molecule has 184 valence electrons. The Kier molecular flexibility index (Phi) is 7.75. The summed E-state index contributed by atoms with van der Waals surface area (Å²) in [4.78, 5) is 31.7. The van der Waals surface area contributed by atoms with Crippen molar-refractivity contribution in [2.75, 3.05) is 13.2 Å². The van der Waals surface area contributed by atoms with Gasteiger partial charge in [0, 0.05) is 29.3 Å². The van der Waals surface area contributed by atoms with Gasteiger partial charge < -0.3 is 14.6 Å². The van der Waals surface area contributed by atoms with Crippen molar-refractivity contribution in [3.8, 4) is 11.5 Å². The zero-order valence-electron chi connectivity index (χ0n) is 20.2. The van der Waals surface area contributed by atoms with E-state index in [-0.39, 0.29) is 17.5 Å². The number of phenols is 1. The quantitative estimate of drug-likeness (QED) is 0.430. The lowest BCUT2D eigenvalue weighted by atomic mass is 9.69. The van der Waals surface area contributed by atoms with E-state index in [4.69, 9.17) is 14.5 Å². The molecule has 3 atom stereocenters. The predicted molar refractivity (Wildman–Crippen MR) is 138 cm³/mol. The molecule has 1 unspecified atom stereocenters. The average Bonchev–Trinajstić information content (AvgIpc) is 2.84. The van der Waals surface area contributed by atoms with E-state index in [0.717, 1.165) is 11.3 Å². The first-order chi connectivity index (χ1) is 16.8. The molecule has 6 nitrogen and oxygen atoms in total. The zero-order valence-corrected chi connectivity index (χ0v) is 21.8. The molecule has 0 amide bonds. The predicted octanol–water partition coefficient (Wildman–Crippen LogP) is 6.08. The average molecular weight is 540 g/mol. The van der Waals surface area contributed by atoms with Crippen LogP contribution in [0.15, 0.2) is 63.2 Å². The van der Waals surface area contributed by atoms with E-state index in [9.17, 15) is 14.7 Å². The van der Waals surface area contributed by atoms with Crippen molar-refractivity contribution in [2.24, 2.45) is 10.9 Å². The van der Waals surface area contributed by atoms with Crippen molar-refractivity contribution < 1.29 is 24.2 Å². The van der Waals surface area contributed by atoms with Gasteiger partial charge in [-0.1, -0.05) is 37.3 Å². The van der Waals surface area contributed by atoms with Gasteiger partial charge in [-0.3, -0.25) is 14.6 Å². The van der Waals surface area contributed by atoms with E-state index >= 15 is 0 Å². The van der Waals surface area contributed by atoms with Crippen molar-refractivity contribution in [2.45, 2.75) is 51.9 Å². The van der Waals surface area contributed by atoms with Gasteiger partial charge in [0.05, 0.1) is 17.7 Å². The number of rotatable bonds is 7. The molecule has 0 aromatic heterocycles. The molecule has 0 fully saturated rings. The van der Waals surface area contributed by atoms with Gasteiger partial charge >= 0.3 is 5.97 Å². The van der Waals surface area contributed by atoms with Crippen LogP contribution in [0.3, 0.4) is 0 Å². The van der Waals surface area contributed by atoms with Crippen LogP contribution in [0.4, 0.5) is 0 Å². The first kappa shape index (κ1) is 25.2. The Morgan fingerprint density at radius 2 is 1.89 bits per heavy atom. The van der Waals surface area contributed by atoms with E-state index in [1.807, 2.05) is 51.1 Å².